The summed E-state index contributed by atoms with van der Waals surface area (Å²) in [7, 11) is 0. The molecular formula is C66H73N3. The van der Waals surface area contributed by atoms with E-state index in [-0.39, 0.29) is 27.1 Å². The van der Waals surface area contributed by atoms with Gasteiger partial charge in [-0.3, -0.25) is 0 Å². The van der Waals surface area contributed by atoms with Crippen molar-refractivity contribution < 1.29 is 0 Å². The van der Waals surface area contributed by atoms with Crippen LogP contribution in [-0.4, -0.2) is 13.1 Å². The largest absolute Gasteiger partial charge is 0.341 e. The summed E-state index contributed by atoms with van der Waals surface area (Å²) in [5.41, 5.74) is 29.3. The molecule has 3 nitrogen and oxygen atoms in total. The second-order valence-corrected chi connectivity index (χ2v) is 24.2. The van der Waals surface area contributed by atoms with Crippen LogP contribution in [0.2, 0.25) is 0 Å². The minimum Gasteiger partial charge on any atom is -0.341 e. The van der Waals surface area contributed by atoms with Gasteiger partial charge in [0.2, 0.25) is 0 Å². The van der Waals surface area contributed by atoms with E-state index in [0.717, 1.165) is 25.9 Å². The summed E-state index contributed by atoms with van der Waals surface area (Å²) in [6.07, 6.45) is 4.74. The number of hydrogen-bond donors (Lipinski definition) is 0. The molecule has 6 aliphatic heterocycles. The fourth-order valence-electron chi connectivity index (χ4n) is 13.4. The fourth-order valence-corrected chi connectivity index (χ4v) is 13.4. The second kappa shape index (κ2) is 15.7. The molecule has 0 unspecified atom stereocenters. The molecule has 352 valence electrons. The SMILES string of the molecule is Cc1cc2c3c(c1)C(C)(C)CCN3c1ccccc1CC2.Cc1cc2c3c(c1)C(C)(C)c1ccccc1N3CCC2(C)C.Cc1cc2c3c(c1)C(C)(C)c1ccccc1N3c1ccccc1C2(C)C. The molecule has 7 aromatic carbocycles. The van der Waals surface area contributed by atoms with Crippen LogP contribution in [0.3, 0.4) is 0 Å². The van der Waals surface area contributed by atoms with Crippen molar-refractivity contribution in [1.82, 2.24) is 0 Å². The van der Waals surface area contributed by atoms with Gasteiger partial charge in [-0.25, -0.2) is 0 Å². The van der Waals surface area contributed by atoms with E-state index in [1.165, 1.54) is 119 Å². The summed E-state index contributed by atoms with van der Waals surface area (Å²) in [5, 5.41) is 0. The third kappa shape index (κ3) is 6.95. The molecule has 0 aromatic heterocycles. The van der Waals surface area contributed by atoms with Crippen LogP contribution in [0.15, 0.2) is 133 Å². The fraction of sp³-hybridized carbons (Fsp3) is 0.364. The van der Waals surface area contributed by atoms with E-state index in [9.17, 15) is 0 Å². The minimum absolute atomic E-state index is 0.00837. The molecule has 7 aromatic rings. The molecule has 0 N–H and O–H groups in total. The molecule has 6 heterocycles. The van der Waals surface area contributed by atoms with Crippen molar-refractivity contribution in [2.75, 3.05) is 27.8 Å². The highest BCUT2D eigenvalue weighted by molar-refractivity contribution is 5.93. The summed E-state index contributed by atoms with van der Waals surface area (Å²) < 4.78 is 0. The second-order valence-electron chi connectivity index (χ2n) is 24.2. The Balaban J connectivity index is 0.000000114. The predicted molar refractivity (Wildman–Crippen MR) is 294 cm³/mol. The van der Waals surface area contributed by atoms with Crippen LogP contribution in [0.5, 0.6) is 0 Å². The zero-order chi connectivity index (χ0) is 48.6. The van der Waals surface area contributed by atoms with Gasteiger partial charge in [-0.2, -0.15) is 0 Å². The Labute approximate surface area is 414 Å². The lowest BCUT2D eigenvalue weighted by atomic mass is 9.66. The van der Waals surface area contributed by atoms with Gasteiger partial charge in [0.05, 0.1) is 17.1 Å². The Morgan fingerprint density at radius 2 is 0.696 bits per heavy atom. The molecule has 0 bridgehead atoms. The lowest BCUT2D eigenvalue weighted by Gasteiger charge is -2.49. The normalized spacial score (nSPS) is 18.9. The zero-order valence-electron chi connectivity index (χ0n) is 43.8. The molecule has 0 saturated heterocycles. The van der Waals surface area contributed by atoms with Crippen molar-refractivity contribution in [3.8, 4) is 0 Å². The highest BCUT2D eigenvalue weighted by Gasteiger charge is 2.46. The molecule has 0 saturated carbocycles. The monoisotopic (exact) mass is 908 g/mol. The number of rotatable bonds is 0. The van der Waals surface area contributed by atoms with Crippen LogP contribution >= 0.6 is 0 Å². The molecule has 0 aliphatic carbocycles. The average molecular weight is 908 g/mol. The van der Waals surface area contributed by atoms with Crippen LogP contribution in [0.1, 0.15) is 154 Å². The third-order valence-corrected chi connectivity index (χ3v) is 17.5. The van der Waals surface area contributed by atoms with Crippen molar-refractivity contribution in [1.29, 1.82) is 0 Å². The van der Waals surface area contributed by atoms with Gasteiger partial charge in [0.15, 0.2) is 0 Å². The van der Waals surface area contributed by atoms with Gasteiger partial charge in [0.1, 0.15) is 0 Å². The van der Waals surface area contributed by atoms with Crippen molar-refractivity contribution in [3.63, 3.8) is 0 Å². The number of fused-ring (bicyclic) bond motifs is 8. The van der Waals surface area contributed by atoms with Gasteiger partial charge in [0.25, 0.3) is 0 Å². The maximum absolute atomic E-state index is 2.58. The van der Waals surface area contributed by atoms with Crippen LogP contribution in [-0.2, 0) is 39.9 Å². The van der Waals surface area contributed by atoms with Gasteiger partial charge in [-0.1, -0.05) is 195 Å². The first-order valence-corrected chi connectivity index (χ1v) is 25.9. The van der Waals surface area contributed by atoms with Gasteiger partial charge in [0, 0.05) is 52.1 Å². The van der Waals surface area contributed by atoms with Gasteiger partial charge in [-0.05, 0) is 137 Å². The zero-order valence-corrected chi connectivity index (χ0v) is 43.8. The van der Waals surface area contributed by atoms with Crippen LogP contribution in [0.4, 0.5) is 39.8 Å². The summed E-state index contributed by atoms with van der Waals surface area (Å²) in [6, 6.07) is 50.1. The topological polar surface area (TPSA) is 9.72 Å². The van der Waals surface area contributed by atoms with Crippen molar-refractivity contribution in [2.24, 2.45) is 0 Å². The quantitative estimate of drug-likeness (QED) is 0.150. The van der Waals surface area contributed by atoms with E-state index in [1.807, 2.05) is 0 Å². The highest BCUT2D eigenvalue weighted by atomic mass is 15.2. The Morgan fingerprint density at radius 3 is 1.22 bits per heavy atom. The number of benzene rings is 7. The molecule has 0 fully saturated rings. The van der Waals surface area contributed by atoms with Crippen LogP contribution in [0.25, 0.3) is 0 Å². The number of hydrogen-bond acceptors (Lipinski definition) is 3. The average Bonchev–Trinajstić information content (AvgIpc) is 3.47. The van der Waals surface area contributed by atoms with E-state index in [4.69, 9.17) is 0 Å². The first-order valence-electron chi connectivity index (χ1n) is 25.9. The Morgan fingerprint density at radius 1 is 0.333 bits per heavy atom. The predicted octanol–water partition coefficient (Wildman–Crippen LogP) is 17.1. The molecule has 0 amide bonds. The maximum Gasteiger partial charge on any atom is 0.0543 e. The Bertz CT molecular complexity index is 3130. The molecular weight excluding hydrogens is 835 g/mol. The first kappa shape index (κ1) is 45.4. The van der Waals surface area contributed by atoms with Crippen molar-refractivity contribution in [3.05, 3.63) is 206 Å². The summed E-state index contributed by atoms with van der Waals surface area (Å²) in [6.45, 7) is 32.8. The smallest absolute Gasteiger partial charge is 0.0543 e. The molecule has 3 heteroatoms. The van der Waals surface area contributed by atoms with Gasteiger partial charge < -0.3 is 14.7 Å². The number of para-hydroxylation sites is 4. The van der Waals surface area contributed by atoms with E-state index < -0.39 is 0 Å². The van der Waals surface area contributed by atoms with Crippen molar-refractivity contribution in [2.45, 2.75) is 143 Å². The Kier molecular flexibility index (Phi) is 10.3. The summed E-state index contributed by atoms with van der Waals surface area (Å²) >= 11 is 0. The molecule has 0 spiro atoms. The molecule has 13 rings (SSSR count). The molecule has 69 heavy (non-hydrogen) atoms. The Hall–Kier alpha value is -6.06. The van der Waals surface area contributed by atoms with E-state index >= 15 is 0 Å². The molecule has 0 radical (unpaired) electrons. The number of aryl methyl sites for hydroxylation is 5. The van der Waals surface area contributed by atoms with Crippen molar-refractivity contribution >= 4 is 39.8 Å². The number of nitrogens with zero attached hydrogens (tertiary/aromatic N) is 3. The first-order chi connectivity index (χ1) is 32.7. The van der Waals surface area contributed by atoms with Gasteiger partial charge >= 0.3 is 0 Å². The lowest BCUT2D eigenvalue weighted by molar-refractivity contribution is 0.458. The summed E-state index contributed by atoms with van der Waals surface area (Å²) in [4.78, 5) is 7.65. The van der Waals surface area contributed by atoms with E-state index in [0.29, 0.717) is 0 Å². The van der Waals surface area contributed by atoms with Gasteiger partial charge in [-0.15, -0.1) is 0 Å². The van der Waals surface area contributed by atoms with E-state index in [1.54, 1.807) is 5.56 Å². The molecule has 6 aliphatic rings. The standard InChI is InChI=1S/C25H25N.C21H25N.C20H23N/c1-16-14-19-23-20(15-16)25(4,5)18-11-7-9-13-22(18)26(23)21-12-8-6-10-17(21)24(19,2)3;1-14-12-16-19-17(13-14)21(4,5)15-8-6-7-9-18(15)22(19)11-10-20(16,2)3;1-14-12-16-9-8-15-6-4-5-7-18(15)21-11-10-20(2,3)17(13-14)19(16)21/h6-15H,1-5H3;6-9,12-13H,10-11H2,1-5H3;4-7,12-13H,8-11H2,1-3H3. The molecule has 0 atom stereocenters. The van der Waals surface area contributed by atoms with Crippen LogP contribution in [0, 0.1) is 20.8 Å². The maximum atomic E-state index is 2.58. The number of anilines is 7. The third-order valence-electron chi connectivity index (χ3n) is 17.5. The van der Waals surface area contributed by atoms with E-state index in [2.05, 4.69) is 238 Å². The lowest BCUT2D eigenvalue weighted by Crippen LogP contribution is -2.41. The minimum atomic E-state index is -0.00837. The highest BCUT2D eigenvalue weighted by Crippen LogP contribution is 2.60. The van der Waals surface area contributed by atoms with Crippen LogP contribution < -0.4 is 14.7 Å². The summed E-state index contributed by atoms with van der Waals surface area (Å²) in [5.74, 6) is 0.